The minimum absolute atomic E-state index is 0.0448. The highest BCUT2D eigenvalue weighted by molar-refractivity contribution is 6.14. The van der Waals surface area contributed by atoms with Gasteiger partial charge in [-0.2, -0.15) is 0 Å². The van der Waals surface area contributed by atoms with E-state index in [9.17, 15) is 9.59 Å². The van der Waals surface area contributed by atoms with Gasteiger partial charge in [0.25, 0.3) is 17.5 Å². The molecule has 0 fully saturated rings. The van der Waals surface area contributed by atoms with Crippen LogP contribution in [0.25, 0.3) is 11.1 Å². The molecular weight excluding hydrogens is 344 g/mol. The van der Waals surface area contributed by atoms with Gasteiger partial charge in [0, 0.05) is 11.7 Å². The summed E-state index contributed by atoms with van der Waals surface area (Å²) >= 11 is 0. The van der Waals surface area contributed by atoms with Crippen molar-refractivity contribution in [1.82, 2.24) is 15.5 Å². The molecule has 3 rings (SSSR count). The molecule has 27 heavy (non-hydrogen) atoms. The van der Waals surface area contributed by atoms with Crippen molar-refractivity contribution >= 4 is 28.6 Å². The molecular formula is C20H22N4O3. The predicted molar refractivity (Wildman–Crippen MR) is 103 cm³/mol. The van der Waals surface area contributed by atoms with Crippen LogP contribution in [0.3, 0.4) is 0 Å². The van der Waals surface area contributed by atoms with Crippen molar-refractivity contribution in [3.63, 3.8) is 0 Å². The van der Waals surface area contributed by atoms with Gasteiger partial charge in [0.05, 0.1) is 27.9 Å². The first-order valence-electron chi connectivity index (χ1n) is 8.85. The second-order valence-corrected chi connectivity index (χ2v) is 6.54. The fourth-order valence-electron chi connectivity index (χ4n) is 2.78. The zero-order chi connectivity index (χ0) is 19.6. The Morgan fingerprint density at radius 3 is 2.63 bits per heavy atom. The molecule has 2 amide bonds. The second-order valence-electron chi connectivity index (χ2n) is 6.54. The number of benzene rings is 1. The number of carbonyl (C=O) groups is 2. The average Bonchev–Trinajstić information content (AvgIpc) is 3.01. The van der Waals surface area contributed by atoms with Crippen molar-refractivity contribution in [3.05, 3.63) is 52.8 Å². The zero-order valence-corrected chi connectivity index (χ0v) is 15.8. The lowest BCUT2D eigenvalue weighted by atomic mass is 10.1. The van der Waals surface area contributed by atoms with E-state index in [4.69, 9.17) is 4.52 Å². The summed E-state index contributed by atoms with van der Waals surface area (Å²) in [6.07, 6.45) is 0.821. The number of fused-ring (bicyclic) bond motifs is 1. The Labute approximate surface area is 157 Å². The van der Waals surface area contributed by atoms with E-state index < -0.39 is 0 Å². The fraction of sp³-hybridized carbons (Fsp3) is 0.300. The molecule has 0 saturated carbocycles. The highest BCUT2D eigenvalue weighted by Gasteiger charge is 2.20. The van der Waals surface area contributed by atoms with Gasteiger partial charge in [-0.25, -0.2) is 4.98 Å². The van der Waals surface area contributed by atoms with E-state index in [2.05, 4.69) is 20.8 Å². The van der Waals surface area contributed by atoms with E-state index in [1.807, 2.05) is 13.8 Å². The molecule has 0 aliphatic carbocycles. The van der Waals surface area contributed by atoms with Gasteiger partial charge in [-0.1, -0.05) is 24.2 Å². The summed E-state index contributed by atoms with van der Waals surface area (Å²) in [5.41, 5.74) is 2.82. The van der Waals surface area contributed by atoms with Crippen molar-refractivity contribution in [2.45, 2.75) is 40.2 Å². The summed E-state index contributed by atoms with van der Waals surface area (Å²) in [5.74, 6) is -0.571. The first kappa shape index (κ1) is 18.6. The van der Waals surface area contributed by atoms with Crippen molar-refractivity contribution < 1.29 is 14.1 Å². The molecule has 3 aromatic rings. The number of hydrogen-bond acceptors (Lipinski definition) is 5. The lowest BCUT2D eigenvalue weighted by Gasteiger charge is -2.15. The number of anilines is 1. The number of para-hydroxylation sites is 1. The first-order chi connectivity index (χ1) is 12.9. The quantitative estimate of drug-likeness (QED) is 0.719. The number of aromatic nitrogens is 2. The Morgan fingerprint density at radius 2 is 1.89 bits per heavy atom. The molecule has 0 radical (unpaired) electrons. The molecule has 1 aromatic carbocycles. The Bertz CT molecular complexity index is 1010. The van der Waals surface area contributed by atoms with Crippen LogP contribution in [-0.4, -0.2) is 28.0 Å². The van der Waals surface area contributed by atoms with Crippen LogP contribution >= 0.6 is 0 Å². The van der Waals surface area contributed by atoms with Crippen LogP contribution in [0.15, 0.2) is 34.9 Å². The molecule has 2 heterocycles. The Kier molecular flexibility index (Phi) is 5.21. The van der Waals surface area contributed by atoms with Crippen LogP contribution in [0.1, 0.15) is 52.4 Å². The standard InChI is InChI=1S/C20H22N4O3/c1-5-11(2)21-18(25)14-8-6-7-9-16(14)23-19(26)15-10-12(3)22-20-17(15)13(4)24-27-20/h6-11H,5H2,1-4H3,(H,21,25)(H,23,26). The summed E-state index contributed by atoms with van der Waals surface area (Å²) in [4.78, 5) is 29.7. The predicted octanol–water partition coefficient (Wildman–Crippen LogP) is 3.62. The maximum absolute atomic E-state index is 12.9. The molecule has 1 unspecified atom stereocenters. The zero-order valence-electron chi connectivity index (χ0n) is 15.8. The Morgan fingerprint density at radius 1 is 1.15 bits per heavy atom. The SMILES string of the molecule is CCC(C)NC(=O)c1ccccc1NC(=O)c1cc(C)nc2onc(C)c12. The smallest absolute Gasteiger partial charge is 0.258 e. The molecule has 0 saturated heterocycles. The fourth-order valence-corrected chi connectivity index (χ4v) is 2.78. The molecule has 0 spiro atoms. The van der Waals surface area contributed by atoms with Crippen LogP contribution < -0.4 is 10.6 Å². The number of carbonyl (C=O) groups excluding carboxylic acids is 2. The van der Waals surface area contributed by atoms with E-state index >= 15 is 0 Å². The number of rotatable bonds is 5. The molecule has 7 heteroatoms. The first-order valence-corrected chi connectivity index (χ1v) is 8.85. The number of amides is 2. The minimum Gasteiger partial charge on any atom is -0.350 e. The van der Waals surface area contributed by atoms with Gasteiger partial charge in [0.15, 0.2) is 0 Å². The summed E-state index contributed by atoms with van der Waals surface area (Å²) in [6, 6.07) is 8.65. The van der Waals surface area contributed by atoms with Gasteiger partial charge in [0.2, 0.25) is 0 Å². The molecule has 1 atom stereocenters. The van der Waals surface area contributed by atoms with E-state index in [0.29, 0.717) is 39.3 Å². The number of pyridine rings is 1. The lowest BCUT2D eigenvalue weighted by Crippen LogP contribution is -2.32. The molecule has 2 aromatic heterocycles. The summed E-state index contributed by atoms with van der Waals surface area (Å²) < 4.78 is 5.18. The highest BCUT2D eigenvalue weighted by atomic mass is 16.5. The molecule has 0 aliphatic heterocycles. The Hall–Kier alpha value is -3.22. The minimum atomic E-state index is -0.347. The van der Waals surface area contributed by atoms with Crippen molar-refractivity contribution in [2.24, 2.45) is 0 Å². The van der Waals surface area contributed by atoms with E-state index in [-0.39, 0.29) is 17.9 Å². The number of aryl methyl sites for hydroxylation is 2. The van der Waals surface area contributed by atoms with Crippen molar-refractivity contribution in [3.8, 4) is 0 Å². The lowest BCUT2D eigenvalue weighted by molar-refractivity contribution is 0.0940. The Balaban J connectivity index is 1.94. The van der Waals surface area contributed by atoms with Crippen LogP contribution in [0, 0.1) is 13.8 Å². The van der Waals surface area contributed by atoms with Gasteiger partial charge in [-0.05, 0) is 45.4 Å². The van der Waals surface area contributed by atoms with Crippen LogP contribution in [0.2, 0.25) is 0 Å². The van der Waals surface area contributed by atoms with E-state index in [1.165, 1.54) is 0 Å². The van der Waals surface area contributed by atoms with Crippen LogP contribution in [0.5, 0.6) is 0 Å². The molecule has 0 aliphatic rings. The largest absolute Gasteiger partial charge is 0.350 e. The third-order valence-corrected chi connectivity index (χ3v) is 4.40. The van der Waals surface area contributed by atoms with E-state index in [0.717, 1.165) is 6.42 Å². The second kappa shape index (κ2) is 7.57. The molecule has 0 bridgehead atoms. The molecule has 7 nitrogen and oxygen atoms in total. The van der Waals surface area contributed by atoms with E-state index in [1.54, 1.807) is 44.2 Å². The van der Waals surface area contributed by atoms with Gasteiger partial charge < -0.3 is 15.2 Å². The normalized spacial score (nSPS) is 12.0. The van der Waals surface area contributed by atoms with Gasteiger partial charge in [-0.3, -0.25) is 9.59 Å². The number of nitrogens with one attached hydrogen (secondary N) is 2. The number of hydrogen-bond donors (Lipinski definition) is 2. The van der Waals surface area contributed by atoms with Gasteiger partial charge in [-0.15, -0.1) is 0 Å². The van der Waals surface area contributed by atoms with Gasteiger partial charge in [0.1, 0.15) is 0 Å². The average molecular weight is 366 g/mol. The maximum Gasteiger partial charge on any atom is 0.258 e. The third-order valence-electron chi connectivity index (χ3n) is 4.40. The van der Waals surface area contributed by atoms with Crippen LogP contribution in [0.4, 0.5) is 5.69 Å². The summed E-state index contributed by atoms with van der Waals surface area (Å²) in [7, 11) is 0. The van der Waals surface area contributed by atoms with Crippen LogP contribution in [-0.2, 0) is 0 Å². The summed E-state index contributed by atoms with van der Waals surface area (Å²) in [5, 5.41) is 10.2. The monoisotopic (exact) mass is 366 g/mol. The maximum atomic E-state index is 12.9. The summed E-state index contributed by atoms with van der Waals surface area (Å²) in [6.45, 7) is 7.47. The van der Waals surface area contributed by atoms with Crippen molar-refractivity contribution in [2.75, 3.05) is 5.32 Å². The molecule has 140 valence electrons. The number of nitrogens with zero attached hydrogens (tertiary/aromatic N) is 2. The van der Waals surface area contributed by atoms with Gasteiger partial charge >= 0.3 is 0 Å². The third kappa shape index (κ3) is 3.81. The van der Waals surface area contributed by atoms with Crippen molar-refractivity contribution in [1.29, 1.82) is 0 Å². The molecule has 2 N–H and O–H groups in total. The highest BCUT2D eigenvalue weighted by Crippen LogP contribution is 2.24. The topological polar surface area (TPSA) is 97.1 Å².